The van der Waals surface area contributed by atoms with Gasteiger partial charge in [-0.3, -0.25) is 9.59 Å². The van der Waals surface area contributed by atoms with Gasteiger partial charge >= 0.3 is 5.97 Å². The molecule has 0 spiro atoms. The standard InChI is InChI=1S/C19H21N3O4/c1-19(12-20,14-7-8-14)21-16(23)11-26-18(25)13-4-2-5-15(10-13)22-9-3-6-17(22)24/h2,4-5,10,14H,3,6-9,11H2,1H3,(H,21,23)/t19-/m0/s1. The highest BCUT2D eigenvalue weighted by molar-refractivity contribution is 5.97. The molecule has 1 heterocycles. The smallest absolute Gasteiger partial charge is 0.338 e. The van der Waals surface area contributed by atoms with Crippen LogP contribution in [0.4, 0.5) is 5.69 Å². The first-order chi connectivity index (χ1) is 12.4. The zero-order chi connectivity index (χ0) is 18.7. The van der Waals surface area contributed by atoms with Crippen LogP contribution in [0.5, 0.6) is 0 Å². The molecule has 2 aliphatic rings. The average molecular weight is 355 g/mol. The number of benzene rings is 1. The molecule has 136 valence electrons. The number of nitriles is 1. The van der Waals surface area contributed by atoms with Gasteiger partial charge in [-0.15, -0.1) is 0 Å². The first-order valence-electron chi connectivity index (χ1n) is 8.73. The molecule has 1 aromatic carbocycles. The molecule has 1 aromatic rings. The van der Waals surface area contributed by atoms with Crippen molar-refractivity contribution >= 4 is 23.5 Å². The predicted octanol–water partition coefficient (Wildman–Crippen LogP) is 1.78. The lowest BCUT2D eigenvalue weighted by Crippen LogP contribution is -2.48. The van der Waals surface area contributed by atoms with E-state index in [1.54, 1.807) is 36.1 Å². The van der Waals surface area contributed by atoms with Crippen molar-refractivity contribution in [2.24, 2.45) is 5.92 Å². The molecule has 0 aromatic heterocycles. The van der Waals surface area contributed by atoms with Gasteiger partial charge in [-0.2, -0.15) is 5.26 Å². The van der Waals surface area contributed by atoms with Crippen molar-refractivity contribution in [2.45, 2.75) is 38.1 Å². The Morgan fingerprint density at radius 2 is 2.19 bits per heavy atom. The summed E-state index contributed by atoms with van der Waals surface area (Å²) in [6.07, 6.45) is 3.12. The van der Waals surface area contributed by atoms with E-state index >= 15 is 0 Å². The first-order valence-corrected chi connectivity index (χ1v) is 8.73. The Balaban J connectivity index is 1.57. The fraction of sp³-hybridized carbons (Fsp3) is 0.474. The summed E-state index contributed by atoms with van der Waals surface area (Å²) in [5, 5.41) is 11.9. The fourth-order valence-corrected chi connectivity index (χ4v) is 3.14. The van der Waals surface area contributed by atoms with Gasteiger partial charge in [-0.1, -0.05) is 6.07 Å². The van der Waals surface area contributed by atoms with E-state index in [9.17, 15) is 19.6 Å². The van der Waals surface area contributed by atoms with Crippen LogP contribution in [-0.4, -0.2) is 36.5 Å². The highest BCUT2D eigenvalue weighted by Gasteiger charge is 2.43. The van der Waals surface area contributed by atoms with Crippen molar-refractivity contribution in [1.29, 1.82) is 5.26 Å². The number of amides is 2. The summed E-state index contributed by atoms with van der Waals surface area (Å²) >= 11 is 0. The summed E-state index contributed by atoms with van der Waals surface area (Å²) in [5.74, 6) is -0.952. The molecule has 2 amide bonds. The number of nitrogens with zero attached hydrogens (tertiary/aromatic N) is 2. The Hall–Kier alpha value is -2.88. The summed E-state index contributed by atoms with van der Waals surface area (Å²) < 4.78 is 5.06. The normalized spacial score (nSPS) is 18.8. The van der Waals surface area contributed by atoms with Gasteiger partial charge in [-0.25, -0.2) is 4.79 Å². The zero-order valence-electron chi connectivity index (χ0n) is 14.7. The maximum absolute atomic E-state index is 12.2. The van der Waals surface area contributed by atoms with Gasteiger partial charge in [0.05, 0.1) is 11.6 Å². The number of hydrogen-bond acceptors (Lipinski definition) is 5. The predicted molar refractivity (Wildman–Crippen MR) is 93.2 cm³/mol. The molecule has 7 heteroatoms. The van der Waals surface area contributed by atoms with Crippen LogP contribution in [0.25, 0.3) is 0 Å². The Morgan fingerprint density at radius 1 is 1.42 bits per heavy atom. The number of ether oxygens (including phenoxy) is 1. The quantitative estimate of drug-likeness (QED) is 0.784. The average Bonchev–Trinajstić information content (AvgIpc) is 3.42. The molecule has 1 N–H and O–H groups in total. The molecule has 0 unspecified atom stereocenters. The van der Waals surface area contributed by atoms with Crippen molar-refractivity contribution in [2.75, 3.05) is 18.1 Å². The molecule has 26 heavy (non-hydrogen) atoms. The molecule has 2 fully saturated rings. The Labute approximate surface area is 151 Å². The molecular weight excluding hydrogens is 334 g/mol. The van der Waals surface area contributed by atoms with Crippen LogP contribution in [0.15, 0.2) is 24.3 Å². The van der Waals surface area contributed by atoms with Gasteiger partial charge in [0.25, 0.3) is 5.91 Å². The van der Waals surface area contributed by atoms with Crippen molar-refractivity contribution < 1.29 is 19.1 Å². The van der Waals surface area contributed by atoms with Crippen LogP contribution in [0.2, 0.25) is 0 Å². The fourth-order valence-electron chi connectivity index (χ4n) is 3.14. The minimum atomic E-state index is -0.917. The van der Waals surface area contributed by atoms with E-state index in [0.717, 1.165) is 19.3 Å². The largest absolute Gasteiger partial charge is 0.452 e. The van der Waals surface area contributed by atoms with Crippen LogP contribution in [-0.2, 0) is 14.3 Å². The Bertz CT molecular complexity index is 781. The molecule has 1 atom stereocenters. The summed E-state index contributed by atoms with van der Waals surface area (Å²) in [5.41, 5.74) is 0.0110. The number of rotatable bonds is 6. The minimum Gasteiger partial charge on any atom is -0.452 e. The van der Waals surface area contributed by atoms with E-state index in [2.05, 4.69) is 11.4 Å². The summed E-state index contributed by atoms with van der Waals surface area (Å²) in [6, 6.07) is 8.73. The van der Waals surface area contributed by atoms with Crippen molar-refractivity contribution in [3.05, 3.63) is 29.8 Å². The molecule has 0 radical (unpaired) electrons. The molecule has 7 nitrogen and oxygen atoms in total. The second-order valence-corrected chi connectivity index (χ2v) is 6.91. The summed E-state index contributed by atoms with van der Waals surface area (Å²) in [6.45, 7) is 1.87. The third-order valence-corrected chi connectivity index (χ3v) is 4.83. The van der Waals surface area contributed by atoms with Crippen molar-refractivity contribution in [3.8, 4) is 6.07 Å². The van der Waals surface area contributed by atoms with Gasteiger partial charge in [0.1, 0.15) is 5.54 Å². The first kappa shape index (κ1) is 17.9. The van der Waals surface area contributed by atoms with E-state index in [4.69, 9.17) is 4.74 Å². The minimum absolute atomic E-state index is 0.0331. The molecule has 1 aliphatic carbocycles. The van der Waals surface area contributed by atoms with E-state index in [-0.39, 0.29) is 17.4 Å². The Kier molecular flexibility index (Phi) is 4.94. The number of carbonyl (C=O) groups excluding carboxylic acids is 3. The SMILES string of the molecule is C[C@@](C#N)(NC(=O)COC(=O)c1cccc(N2CCCC2=O)c1)C1CC1. The van der Waals surface area contributed by atoms with Gasteiger partial charge in [0.2, 0.25) is 5.91 Å². The van der Waals surface area contributed by atoms with Crippen molar-refractivity contribution in [1.82, 2.24) is 5.32 Å². The molecule has 3 rings (SSSR count). The summed E-state index contributed by atoms with van der Waals surface area (Å²) in [4.78, 5) is 37.7. The lowest BCUT2D eigenvalue weighted by Gasteiger charge is -2.22. The van der Waals surface area contributed by atoms with Crippen LogP contribution in [0.3, 0.4) is 0 Å². The molecule has 1 saturated heterocycles. The van der Waals surface area contributed by atoms with Gasteiger partial charge in [0.15, 0.2) is 6.61 Å². The third-order valence-electron chi connectivity index (χ3n) is 4.83. The lowest BCUT2D eigenvalue weighted by molar-refractivity contribution is -0.125. The zero-order valence-corrected chi connectivity index (χ0v) is 14.7. The van der Waals surface area contributed by atoms with Gasteiger partial charge in [0, 0.05) is 18.7 Å². The van der Waals surface area contributed by atoms with Crippen LogP contribution in [0, 0.1) is 17.2 Å². The maximum Gasteiger partial charge on any atom is 0.338 e. The Morgan fingerprint density at radius 3 is 2.81 bits per heavy atom. The molecule has 1 saturated carbocycles. The number of nitrogens with one attached hydrogen (secondary N) is 1. The van der Waals surface area contributed by atoms with Crippen molar-refractivity contribution in [3.63, 3.8) is 0 Å². The van der Waals surface area contributed by atoms with E-state index < -0.39 is 24.0 Å². The summed E-state index contributed by atoms with van der Waals surface area (Å²) in [7, 11) is 0. The monoisotopic (exact) mass is 355 g/mol. The topological polar surface area (TPSA) is 99.5 Å². The maximum atomic E-state index is 12.2. The number of anilines is 1. The number of hydrogen-bond donors (Lipinski definition) is 1. The highest BCUT2D eigenvalue weighted by atomic mass is 16.5. The van der Waals surface area contributed by atoms with Crippen LogP contribution >= 0.6 is 0 Å². The van der Waals surface area contributed by atoms with Crippen LogP contribution < -0.4 is 10.2 Å². The second kappa shape index (κ2) is 7.16. The number of carbonyl (C=O) groups is 3. The molecule has 1 aliphatic heterocycles. The second-order valence-electron chi connectivity index (χ2n) is 6.91. The van der Waals surface area contributed by atoms with Gasteiger partial charge in [-0.05, 0) is 50.3 Å². The van der Waals surface area contributed by atoms with Crippen LogP contribution in [0.1, 0.15) is 43.0 Å². The third kappa shape index (κ3) is 3.85. The van der Waals surface area contributed by atoms with E-state index in [1.165, 1.54) is 0 Å². The van der Waals surface area contributed by atoms with Gasteiger partial charge < -0.3 is 15.0 Å². The van der Waals surface area contributed by atoms with E-state index in [0.29, 0.717) is 18.7 Å². The number of esters is 1. The van der Waals surface area contributed by atoms with E-state index in [1.807, 2.05) is 0 Å². The molecular formula is C19H21N3O4. The highest BCUT2D eigenvalue weighted by Crippen LogP contribution is 2.39. The molecule has 0 bridgehead atoms. The lowest BCUT2D eigenvalue weighted by atomic mass is 9.98.